The van der Waals surface area contributed by atoms with Crippen LogP contribution in [0.2, 0.25) is 0 Å². The van der Waals surface area contributed by atoms with Crippen molar-refractivity contribution in [1.82, 2.24) is 19.9 Å². The molecule has 0 bridgehead atoms. The summed E-state index contributed by atoms with van der Waals surface area (Å²) in [5.74, 6) is 1.33. The van der Waals surface area contributed by atoms with Crippen molar-refractivity contribution in [3.63, 3.8) is 0 Å². The molecular formula is C17H21N5O2. The number of hydrogen-bond donors (Lipinski definition) is 1. The minimum absolute atomic E-state index is 0.0229. The summed E-state index contributed by atoms with van der Waals surface area (Å²) in [5, 5.41) is 3.23. The van der Waals surface area contributed by atoms with Gasteiger partial charge >= 0.3 is 0 Å². The Morgan fingerprint density at radius 1 is 1.38 bits per heavy atom. The second-order valence-corrected chi connectivity index (χ2v) is 5.76. The van der Waals surface area contributed by atoms with Gasteiger partial charge in [-0.05, 0) is 31.9 Å². The van der Waals surface area contributed by atoms with Gasteiger partial charge in [0, 0.05) is 31.7 Å². The lowest BCUT2D eigenvalue weighted by Crippen LogP contribution is -2.34. The molecule has 1 unspecified atom stereocenters. The molecule has 7 heteroatoms. The maximum Gasteiger partial charge on any atom is 0.249 e. The number of nitrogens with one attached hydrogen (secondary N) is 1. The number of amides is 1. The highest BCUT2D eigenvalue weighted by Gasteiger charge is 2.32. The number of anilines is 2. The van der Waals surface area contributed by atoms with Crippen molar-refractivity contribution in [2.24, 2.45) is 0 Å². The molecule has 1 amide bonds. The number of ether oxygens (including phenoxy) is 1. The normalized spacial score (nSPS) is 17.1. The van der Waals surface area contributed by atoms with Gasteiger partial charge in [-0.1, -0.05) is 6.07 Å². The Bertz CT molecular complexity index is 722. The molecule has 0 aliphatic carbocycles. The molecule has 0 aromatic carbocycles. The van der Waals surface area contributed by atoms with E-state index in [4.69, 9.17) is 4.74 Å². The van der Waals surface area contributed by atoms with E-state index >= 15 is 0 Å². The van der Waals surface area contributed by atoms with Crippen LogP contribution in [0, 0.1) is 6.92 Å². The molecular weight excluding hydrogens is 306 g/mol. The van der Waals surface area contributed by atoms with Crippen molar-refractivity contribution in [1.29, 1.82) is 0 Å². The van der Waals surface area contributed by atoms with E-state index < -0.39 is 0 Å². The zero-order valence-electron chi connectivity index (χ0n) is 13.9. The SMILES string of the molecule is COCC(=O)N1CCCC1c1nccnc1Nc1cccc(C)n1. The molecule has 2 aromatic heterocycles. The van der Waals surface area contributed by atoms with Crippen LogP contribution in [0.1, 0.15) is 30.3 Å². The number of nitrogens with zero attached hydrogens (tertiary/aromatic N) is 4. The topological polar surface area (TPSA) is 80.2 Å². The van der Waals surface area contributed by atoms with Crippen molar-refractivity contribution < 1.29 is 9.53 Å². The Balaban J connectivity index is 1.87. The van der Waals surface area contributed by atoms with Crippen LogP contribution in [-0.2, 0) is 9.53 Å². The Morgan fingerprint density at radius 3 is 3.00 bits per heavy atom. The predicted molar refractivity (Wildman–Crippen MR) is 89.9 cm³/mol. The molecule has 1 fully saturated rings. The number of hydrogen-bond acceptors (Lipinski definition) is 6. The van der Waals surface area contributed by atoms with Crippen LogP contribution >= 0.6 is 0 Å². The smallest absolute Gasteiger partial charge is 0.249 e. The summed E-state index contributed by atoms with van der Waals surface area (Å²) in [6.07, 6.45) is 5.10. The number of rotatable bonds is 5. The first-order valence-corrected chi connectivity index (χ1v) is 7.99. The molecule has 1 atom stereocenters. The average Bonchev–Trinajstić information content (AvgIpc) is 3.05. The third-order valence-electron chi connectivity index (χ3n) is 4.02. The van der Waals surface area contributed by atoms with Gasteiger partial charge in [0.25, 0.3) is 0 Å². The van der Waals surface area contributed by atoms with E-state index in [-0.39, 0.29) is 18.6 Å². The zero-order valence-corrected chi connectivity index (χ0v) is 13.9. The Morgan fingerprint density at radius 2 is 2.21 bits per heavy atom. The summed E-state index contributed by atoms with van der Waals surface area (Å²) in [5.41, 5.74) is 1.69. The maximum absolute atomic E-state index is 12.3. The first-order valence-electron chi connectivity index (χ1n) is 7.99. The Kier molecular flexibility index (Phi) is 5.00. The predicted octanol–water partition coefficient (Wildman–Crippen LogP) is 2.23. The summed E-state index contributed by atoms with van der Waals surface area (Å²) in [6.45, 7) is 2.73. The molecule has 0 radical (unpaired) electrons. The van der Waals surface area contributed by atoms with E-state index in [0.29, 0.717) is 18.2 Å². The second kappa shape index (κ2) is 7.35. The van der Waals surface area contributed by atoms with E-state index in [0.717, 1.165) is 24.2 Å². The van der Waals surface area contributed by atoms with Crippen LogP contribution in [0.3, 0.4) is 0 Å². The molecule has 7 nitrogen and oxygen atoms in total. The van der Waals surface area contributed by atoms with E-state index in [1.54, 1.807) is 12.4 Å². The van der Waals surface area contributed by atoms with Crippen LogP contribution in [0.15, 0.2) is 30.6 Å². The van der Waals surface area contributed by atoms with Crippen LogP contribution in [0.5, 0.6) is 0 Å². The Hall–Kier alpha value is -2.54. The minimum Gasteiger partial charge on any atom is -0.375 e. The number of aromatic nitrogens is 3. The number of likely N-dealkylation sites (tertiary alicyclic amines) is 1. The van der Waals surface area contributed by atoms with Gasteiger partial charge in [0.1, 0.15) is 18.1 Å². The van der Waals surface area contributed by atoms with Gasteiger partial charge in [-0.25, -0.2) is 9.97 Å². The maximum atomic E-state index is 12.3. The highest BCUT2D eigenvalue weighted by molar-refractivity contribution is 5.78. The third kappa shape index (κ3) is 3.51. The third-order valence-corrected chi connectivity index (χ3v) is 4.02. The first kappa shape index (κ1) is 16.3. The molecule has 0 spiro atoms. The lowest BCUT2D eigenvalue weighted by atomic mass is 10.1. The lowest BCUT2D eigenvalue weighted by Gasteiger charge is -2.25. The van der Waals surface area contributed by atoms with Gasteiger partial charge in [0.05, 0.1) is 6.04 Å². The first-order chi connectivity index (χ1) is 11.7. The summed E-state index contributed by atoms with van der Waals surface area (Å²) in [6, 6.07) is 5.66. The molecule has 2 aromatic rings. The van der Waals surface area contributed by atoms with E-state index in [2.05, 4.69) is 20.3 Å². The van der Waals surface area contributed by atoms with Gasteiger partial charge in [0.2, 0.25) is 5.91 Å². The summed E-state index contributed by atoms with van der Waals surface area (Å²) >= 11 is 0. The molecule has 0 saturated carbocycles. The van der Waals surface area contributed by atoms with Crippen molar-refractivity contribution in [3.05, 3.63) is 42.0 Å². The van der Waals surface area contributed by atoms with Crippen molar-refractivity contribution in [2.75, 3.05) is 25.6 Å². The number of pyridine rings is 1. The summed E-state index contributed by atoms with van der Waals surface area (Å²) in [7, 11) is 1.53. The number of carbonyl (C=O) groups excluding carboxylic acids is 1. The van der Waals surface area contributed by atoms with Gasteiger partial charge in [-0.2, -0.15) is 0 Å². The van der Waals surface area contributed by atoms with E-state index in [1.165, 1.54) is 7.11 Å². The molecule has 1 aliphatic rings. The highest BCUT2D eigenvalue weighted by Crippen LogP contribution is 2.34. The van der Waals surface area contributed by atoms with Crippen molar-refractivity contribution >= 4 is 17.5 Å². The fraction of sp³-hybridized carbons (Fsp3) is 0.412. The van der Waals surface area contributed by atoms with Crippen molar-refractivity contribution in [2.45, 2.75) is 25.8 Å². The van der Waals surface area contributed by atoms with Crippen LogP contribution in [0.4, 0.5) is 11.6 Å². The molecule has 1 saturated heterocycles. The number of carbonyl (C=O) groups is 1. The van der Waals surface area contributed by atoms with E-state index in [1.807, 2.05) is 30.0 Å². The Labute approximate surface area is 141 Å². The fourth-order valence-corrected chi connectivity index (χ4v) is 2.98. The molecule has 24 heavy (non-hydrogen) atoms. The van der Waals surface area contributed by atoms with Gasteiger partial charge in [0.15, 0.2) is 5.82 Å². The molecule has 126 valence electrons. The summed E-state index contributed by atoms with van der Waals surface area (Å²) < 4.78 is 4.99. The van der Waals surface area contributed by atoms with Crippen molar-refractivity contribution in [3.8, 4) is 0 Å². The molecule has 3 rings (SSSR count). The largest absolute Gasteiger partial charge is 0.375 e. The molecule has 3 heterocycles. The van der Waals surface area contributed by atoms with Crippen LogP contribution in [-0.4, -0.2) is 46.0 Å². The molecule has 1 N–H and O–H groups in total. The fourth-order valence-electron chi connectivity index (χ4n) is 2.98. The average molecular weight is 327 g/mol. The standard InChI is InChI=1S/C17H21N5O2/c1-12-5-3-7-14(20-12)21-17-16(18-8-9-19-17)13-6-4-10-22(13)15(23)11-24-2/h3,5,7-9,13H,4,6,10-11H2,1-2H3,(H,19,20,21). The van der Waals surface area contributed by atoms with Crippen LogP contribution in [0.25, 0.3) is 0 Å². The quantitative estimate of drug-likeness (QED) is 0.907. The van der Waals surface area contributed by atoms with Gasteiger partial charge < -0.3 is 15.0 Å². The zero-order chi connectivity index (χ0) is 16.9. The second-order valence-electron chi connectivity index (χ2n) is 5.76. The molecule has 1 aliphatic heterocycles. The summed E-state index contributed by atoms with van der Waals surface area (Å²) in [4.78, 5) is 27.4. The minimum atomic E-state index is -0.0892. The monoisotopic (exact) mass is 327 g/mol. The van der Waals surface area contributed by atoms with E-state index in [9.17, 15) is 4.79 Å². The van der Waals surface area contributed by atoms with Gasteiger partial charge in [-0.3, -0.25) is 9.78 Å². The number of methoxy groups -OCH3 is 1. The highest BCUT2D eigenvalue weighted by atomic mass is 16.5. The number of aryl methyl sites for hydroxylation is 1. The van der Waals surface area contributed by atoms with Gasteiger partial charge in [-0.15, -0.1) is 0 Å². The van der Waals surface area contributed by atoms with Crippen LogP contribution < -0.4 is 5.32 Å². The lowest BCUT2D eigenvalue weighted by molar-refractivity contribution is -0.136.